The number of rotatable bonds is 14. The molecule has 2 atom stereocenters. The number of aryl methyl sites for hydroxylation is 2. The Morgan fingerprint density at radius 3 is 2.41 bits per heavy atom. The summed E-state index contributed by atoms with van der Waals surface area (Å²) < 4.78 is 36.4. The Balaban J connectivity index is 1.59. The first-order chi connectivity index (χ1) is 20.9. The molecule has 0 aliphatic rings. The molecule has 44 heavy (non-hydrogen) atoms. The van der Waals surface area contributed by atoms with Crippen LogP contribution in [0.5, 0.6) is 5.75 Å². The molecule has 1 aromatic heterocycles. The van der Waals surface area contributed by atoms with Crippen molar-refractivity contribution in [1.82, 2.24) is 14.6 Å². The Morgan fingerprint density at radius 1 is 1.09 bits per heavy atom. The van der Waals surface area contributed by atoms with E-state index in [9.17, 15) is 18.3 Å². The maximum atomic E-state index is 14.3. The monoisotopic (exact) mass is 639 g/mol. The highest BCUT2D eigenvalue weighted by atomic mass is 32.2. The van der Waals surface area contributed by atoms with Gasteiger partial charge in [-0.05, 0) is 73.2 Å². The molecule has 5 N–H and O–H groups in total. The van der Waals surface area contributed by atoms with Crippen LogP contribution >= 0.6 is 11.3 Å². The van der Waals surface area contributed by atoms with Gasteiger partial charge in [-0.3, -0.25) is 4.79 Å². The predicted molar refractivity (Wildman–Crippen MR) is 177 cm³/mol. The first kappa shape index (κ1) is 33.2. The van der Waals surface area contributed by atoms with Crippen LogP contribution in [0.25, 0.3) is 10.2 Å². The number of nitrogen functional groups attached to an aromatic ring is 1. The summed E-state index contributed by atoms with van der Waals surface area (Å²) in [7, 11) is -2.30. The Kier molecular flexibility index (Phi) is 10.8. The molecule has 0 spiro atoms. The lowest BCUT2D eigenvalue weighted by atomic mass is 10.00. The van der Waals surface area contributed by atoms with Crippen LogP contribution in [0.4, 0.5) is 10.8 Å². The molecule has 10 nitrogen and oxygen atoms in total. The van der Waals surface area contributed by atoms with E-state index in [0.717, 1.165) is 21.4 Å². The number of nitrogens with one attached hydrogen (secondary N) is 2. The van der Waals surface area contributed by atoms with Crippen LogP contribution in [-0.2, 0) is 21.2 Å². The Hall–Kier alpha value is -3.71. The fourth-order valence-electron chi connectivity index (χ4n) is 5.12. The average Bonchev–Trinajstić information content (AvgIpc) is 3.40. The summed E-state index contributed by atoms with van der Waals surface area (Å²) in [6.45, 7) is 7.31. The molecule has 4 rings (SSSR count). The van der Waals surface area contributed by atoms with E-state index in [2.05, 4.69) is 15.6 Å². The predicted octanol–water partition coefficient (Wildman–Crippen LogP) is 4.35. The van der Waals surface area contributed by atoms with Gasteiger partial charge in [-0.15, -0.1) is 0 Å². The van der Waals surface area contributed by atoms with E-state index in [1.165, 1.54) is 15.6 Å². The molecule has 3 aromatic carbocycles. The maximum absolute atomic E-state index is 14.3. The number of amides is 1. The van der Waals surface area contributed by atoms with Crippen LogP contribution in [0.3, 0.4) is 0 Å². The molecule has 0 fully saturated rings. The van der Waals surface area contributed by atoms with Crippen molar-refractivity contribution < 1.29 is 23.1 Å². The molecule has 0 bridgehead atoms. The van der Waals surface area contributed by atoms with E-state index < -0.39 is 28.1 Å². The van der Waals surface area contributed by atoms with Crippen LogP contribution in [0, 0.1) is 19.8 Å². The number of nitrogens with zero attached hydrogens (tertiary/aromatic N) is 2. The molecular formula is C32H41N5O5S2. The molecule has 0 aliphatic carbocycles. The topological polar surface area (TPSA) is 147 Å². The maximum Gasteiger partial charge on any atom is 0.258 e. The van der Waals surface area contributed by atoms with Crippen LogP contribution in [0.1, 0.15) is 30.5 Å². The number of aliphatic hydroxyl groups excluding tert-OH is 1. The van der Waals surface area contributed by atoms with Gasteiger partial charge in [0.25, 0.3) is 5.91 Å². The highest BCUT2D eigenvalue weighted by molar-refractivity contribution is 7.89. The van der Waals surface area contributed by atoms with Gasteiger partial charge in [0.2, 0.25) is 10.0 Å². The largest absolute Gasteiger partial charge is 0.483 e. The van der Waals surface area contributed by atoms with Gasteiger partial charge in [-0.25, -0.2) is 13.4 Å². The third-order valence-electron chi connectivity index (χ3n) is 7.17. The Bertz CT molecular complexity index is 1670. The molecule has 12 heteroatoms. The minimum atomic E-state index is -4.06. The lowest BCUT2D eigenvalue weighted by molar-refractivity contribution is -0.123. The summed E-state index contributed by atoms with van der Waals surface area (Å²) >= 11 is 1.37. The van der Waals surface area contributed by atoms with Gasteiger partial charge in [0.15, 0.2) is 11.7 Å². The Labute approximate surface area is 263 Å². The van der Waals surface area contributed by atoms with E-state index in [1.807, 2.05) is 58.0 Å². The van der Waals surface area contributed by atoms with Gasteiger partial charge < -0.3 is 26.2 Å². The quantitative estimate of drug-likeness (QED) is 0.149. The van der Waals surface area contributed by atoms with Gasteiger partial charge in [0.1, 0.15) is 5.75 Å². The van der Waals surface area contributed by atoms with Crippen molar-refractivity contribution in [3.8, 4) is 5.75 Å². The molecule has 2 unspecified atom stereocenters. The van der Waals surface area contributed by atoms with Crippen molar-refractivity contribution in [1.29, 1.82) is 0 Å². The van der Waals surface area contributed by atoms with E-state index in [1.54, 1.807) is 37.4 Å². The first-order valence-electron chi connectivity index (χ1n) is 14.5. The highest BCUT2D eigenvalue weighted by Crippen LogP contribution is 2.31. The molecule has 236 valence electrons. The number of nitrogens with two attached hydrogens (primary N) is 1. The lowest BCUT2D eigenvalue weighted by Crippen LogP contribution is -2.53. The molecule has 1 amide bonds. The molecule has 0 saturated heterocycles. The zero-order chi connectivity index (χ0) is 32.0. The number of benzene rings is 3. The minimum Gasteiger partial charge on any atom is -0.483 e. The average molecular weight is 640 g/mol. The number of aliphatic hydroxyl groups is 1. The number of aromatic nitrogens is 1. The highest BCUT2D eigenvalue weighted by Gasteiger charge is 2.36. The molecule has 1 heterocycles. The number of hydrogen-bond acceptors (Lipinski definition) is 9. The third kappa shape index (κ3) is 8.06. The van der Waals surface area contributed by atoms with Crippen LogP contribution in [0.15, 0.2) is 65.6 Å². The van der Waals surface area contributed by atoms with Crippen molar-refractivity contribution >= 4 is 48.3 Å². The van der Waals surface area contributed by atoms with Gasteiger partial charge in [0.05, 0.1) is 27.3 Å². The molecule has 4 aromatic rings. The third-order valence-corrected chi connectivity index (χ3v) is 10.1. The fraction of sp³-hybridized carbons (Fsp3) is 0.375. The van der Waals surface area contributed by atoms with E-state index >= 15 is 0 Å². The molecule has 0 saturated carbocycles. The minimum absolute atomic E-state index is 0.0346. The van der Waals surface area contributed by atoms with Gasteiger partial charge >= 0.3 is 0 Å². The number of anilines is 2. The number of hydrogen-bond donors (Lipinski definition) is 4. The van der Waals surface area contributed by atoms with Crippen LogP contribution in [0.2, 0.25) is 0 Å². The summed E-state index contributed by atoms with van der Waals surface area (Å²) in [4.78, 5) is 17.4. The van der Waals surface area contributed by atoms with Crippen molar-refractivity contribution in [2.24, 2.45) is 5.92 Å². The summed E-state index contributed by atoms with van der Waals surface area (Å²) in [6, 6.07) is 17.0. The summed E-state index contributed by atoms with van der Waals surface area (Å²) in [5, 5.41) is 17.9. The van der Waals surface area contributed by atoms with Crippen molar-refractivity contribution in [2.45, 2.75) is 51.2 Å². The smallest absolute Gasteiger partial charge is 0.258 e. The molecule has 0 radical (unpaired) electrons. The van der Waals surface area contributed by atoms with E-state index in [4.69, 9.17) is 10.5 Å². The normalized spacial score (nSPS) is 13.3. The second kappa shape index (κ2) is 14.4. The van der Waals surface area contributed by atoms with Crippen molar-refractivity contribution in [2.75, 3.05) is 37.8 Å². The number of ether oxygens (including phenoxy) is 1. The number of carbonyl (C=O) groups is 1. The standard InChI is InChI=1S/C32H41N5O5S2/c1-20(2)18-37(44(40,41)25-11-12-26-29(16-25)43-32(34-5)36-26)27(15-23-9-7-6-8-10-23)28(38)17-35-30(39)19-42-31-21(3)13-24(33)14-22(31)4/h6-14,16,20,27-28,38H,15,17-19,33H2,1-5H3,(H,34,36)(H,35,39). The summed E-state index contributed by atoms with van der Waals surface area (Å²) in [6.07, 6.45) is -0.965. The summed E-state index contributed by atoms with van der Waals surface area (Å²) in [5.74, 6) is 0.103. The van der Waals surface area contributed by atoms with Gasteiger partial charge in [-0.2, -0.15) is 4.31 Å². The SMILES string of the molecule is CNc1nc2ccc(S(=O)(=O)N(CC(C)C)C(Cc3ccccc3)C(O)CNC(=O)COc3c(C)cc(N)cc3C)cc2s1. The van der Waals surface area contributed by atoms with Crippen molar-refractivity contribution in [3.05, 3.63) is 77.4 Å². The number of carbonyl (C=O) groups excluding carboxylic acids is 1. The number of sulfonamides is 1. The summed E-state index contributed by atoms with van der Waals surface area (Å²) in [5.41, 5.74) is 9.68. The molecular weight excluding hydrogens is 599 g/mol. The molecule has 0 aliphatic heterocycles. The zero-order valence-electron chi connectivity index (χ0n) is 25.7. The zero-order valence-corrected chi connectivity index (χ0v) is 27.3. The van der Waals surface area contributed by atoms with Crippen molar-refractivity contribution in [3.63, 3.8) is 0 Å². The van der Waals surface area contributed by atoms with Crippen LogP contribution < -0.4 is 21.1 Å². The van der Waals surface area contributed by atoms with Gasteiger partial charge in [-0.1, -0.05) is 55.5 Å². The first-order valence-corrected chi connectivity index (χ1v) is 16.7. The lowest BCUT2D eigenvalue weighted by Gasteiger charge is -2.35. The number of thiazole rings is 1. The van der Waals surface area contributed by atoms with E-state index in [-0.39, 0.29) is 36.9 Å². The Morgan fingerprint density at radius 2 is 1.77 bits per heavy atom. The van der Waals surface area contributed by atoms with Gasteiger partial charge in [0, 0.05) is 25.8 Å². The second-order valence-electron chi connectivity index (χ2n) is 11.3. The van der Waals surface area contributed by atoms with Crippen LogP contribution in [-0.4, -0.2) is 67.6 Å². The number of fused-ring (bicyclic) bond motifs is 1. The van der Waals surface area contributed by atoms with E-state index in [0.29, 0.717) is 22.1 Å². The fourth-order valence-corrected chi connectivity index (χ4v) is 7.90. The second-order valence-corrected chi connectivity index (χ2v) is 14.2.